The van der Waals surface area contributed by atoms with Gasteiger partial charge in [-0.25, -0.2) is 19.2 Å². The molecular formula is C110H122N14O18. The van der Waals surface area contributed by atoms with E-state index < -0.39 is 66.4 Å². The number of Topliss-reactive ketones (excluding diaryl/α,β-unsaturated/α-hetero) is 4. The number of ether oxygens (including phenoxy) is 4. The largest absolute Gasteiger partial charge is 0.496 e. The first-order valence-corrected chi connectivity index (χ1v) is 50.3. The molecule has 8 aromatic rings. The number of nitrogens with one attached hydrogen (secondary N) is 6. The highest BCUT2D eigenvalue weighted by molar-refractivity contribution is 6.03. The SMILES string of the molecule is COc1cccc2[nH]c(C(=O)N3C[C@@H]4CC[C@@H]4[C@H]3C(=O)N[C@H](C#N)C[C@@H]3CCCC3=O)cc12.COc1cccc2[nH]c(C(=O)O)cc12.N#C[C@@H](N)C[C@@H]1CCCC1=O.N#C[C@H](C[C@@H]1CCCC1=O)NC(=O)[C@@H]1C2CC[C@H]2CN1C(=O)OCC1c2ccccc2-c2ccccc21.N#C[C@H](C[C@@H]1CCCC1=O)NC(=O)[C@H]1NC[C@@H]2CCC21.O=C(O)[C@@H]1C2CC[C@H]2CN1C(=O)OCC1c2ccccc2-c2ccccc21. The summed E-state index contributed by atoms with van der Waals surface area (Å²) in [6.45, 7) is 2.88. The van der Waals surface area contributed by atoms with Gasteiger partial charge in [0.2, 0.25) is 17.7 Å². The van der Waals surface area contributed by atoms with Crippen molar-refractivity contribution in [1.29, 1.82) is 21.0 Å². The van der Waals surface area contributed by atoms with Crippen LogP contribution < -0.4 is 36.5 Å². The Bertz CT molecular complexity index is 6230. The van der Waals surface area contributed by atoms with Crippen LogP contribution in [0.15, 0.2) is 146 Å². The van der Waals surface area contributed by atoms with Gasteiger partial charge in [-0.15, -0.1) is 0 Å². The second kappa shape index (κ2) is 44.4. The summed E-state index contributed by atoms with van der Waals surface area (Å²) in [5, 5.41) is 68.6. The van der Waals surface area contributed by atoms with Gasteiger partial charge in [0, 0.05) is 103 Å². The van der Waals surface area contributed by atoms with Gasteiger partial charge in [-0.1, -0.05) is 109 Å². The van der Waals surface area contributed by atoms with E-state index in [0.717, 1.165) is 147 Å². The van der Waals surface area contributed by atoms with E-state index in [1.807, 2.05) is 84.9 Å². The Kier molecular flexibility index (Phi) is 31.1. The fourth-order valence-electron chi connectivity index (χ4n) is 24.4. The predicted molar refractivity (Wildman–Crippen MR) is 521 cm³/mol. The summed E-state index contributed by atoms with van der Waals surface area (Å²) >= 11 is 0. The van der Waals surface area contributed by atoms with E-state index in [-0.39, 0.29) is 131 Å². The first-order valence-electron chi connectivity index (χ1n) is 50.3. The number of hydrogen-bond acceptors (Lipinski definition) is 22. The number of carbonyl (C=O) groups excluding carboxylic acids is 10. The van der Waals surface area contributed by atoms with Gasteiger partial charge in [-0.3, -0.25) is 48.2 Å². The minimum absolute atomic E-state index is 0.0102. The Morgan fingerprint density at radius 2 is 0.782 bits per heavy atom. The molecule has 32 nitrogen and oxygen atoms in total. The quantitative estimate of drug-likeness (QED) is 0.0287. The van der Waals surface area contributed by atoms with Crippen LogP contribution in [0.2, 0.25) is 0 Å². The highest BCUT2D eigenvalue weighted by atomic mass is 16.6. The number of aromatic amines is 2. The van der Waals surface area contributed by atoms with Crippen LogP contribution in [0.3, 0.4) is 0 Å². The van der Waals surface area contributed by atoms with Crippen LogP contribution in [0.4, 0.5) is 9.59 Å². The van der Waals surface area contributed by atoms with Crippen molar-refractivity contribution in [2.75, 3.05) is 53.6 Å². The number of amides is 6. The molecule has 4 saturated heterocycles. The van der Waals surface area contributed by atoms with Crippen molar-refractivity contribution in [2.24, 2.45) is 76.7 Å². The number of fused-ring (bicyclic) bond motifs is 12. The molecule has 10 aliphatic carbocycles. The predicted octanol–water partition coefficient (Wildman–Crippen LogP) is 14.2. The third kappa shape index (κ3) is 21.1. The number of H-pyrrole nitrogens is 2. The summed E-state index contributed by atoms with van der Waals surface area (Å²) < 4.78 is 22.0. The molecule has 6 aromatic carbocycles. The minimum atomic E-state index is -0.969. The molecule has 3 unspecified atom stereocenters. The van der Waals surface area contributed by atoms with E-state index in [4.69, 9.17) is 35.0 Å². The number of rotatable bonds is 23. The summed E-state index contributed by atoms with van der Waals surface area (Å²) in [4.78, 5) is 158. The molecule has 8 saturated carbocycles. The molecule has 740 valence electrons. The summed E-state index contributed by atoms with van der Waals surface area (Å²) in [5.41, 5.74) is 16.8. The van der Waals surface area contributed by atoms with Crippen LogP contribution in [0, 0.1) is 116 Å². The topological polar surface area (TPSA) is 493 Å². The van der Waals surface area contributed by atoms with E-state index in [0.29, 0.717) is 112 Å². The van der Waals surface area contributed by atoms with Crippen molar-refractivity contribution in [3.8, 4) is 58.0 Å². The number of benzene rings is 6. The highest BCUT2D eigenvalue weighted by Gasteiger charge is 2.56. The molecule has 32 heteroatoms. The third-order valence-electron chi connectivity index (χ3n) is 32.5. The molecule has 2 aromatic heterocycles. The van der Waals surface area contributed by atoms with Crippen molar-refractivity contribution in [1.82, 2.24) is 45.9 Å². The summed E-state index contributed by atoms with van der Waals surface area (Å²) in [5.74, 6) is 1.41. The average Bonchev–Trinajstić information content (AvgIpc) is 1.56. The van der Waals surface area contributed by atoms with Crippen LogP contribution in [0.1, 0.15) is 209 Å². The molecule has 4 aliphatic heterocycles. The average molecular weight is 1930 g/mol. The van der Waals surface area contributed by atoms with Gasteiger partial charge in [0.25, 0.3) is 5.91 Å². The molecule has 0 spiro atoms. The van der Waals surface area contributed by atoms with E-state index in [1.165, 1.54) is 33.6 Å². The van der Waals surface area contributed by atoms with Gasteiger partial charge in [0.15, 0.2) is 0 Å². The third-order valence-corrected chi connectivity index (χ3v) is 32.5. The maximum atomic E-state index is 13.5. The minimum Gasteiger partial charge on any atom is -0.496 e. The van der Waals surface area contributed by atoms with E-state index in [2.05, 4.69) is 98.0 Å². The molecule has 14 aliphatic rings. The standard InChI is InChI=1S/C30H31N3O4.C25H28N4O4.C22H21NO4.C15H21N3O2.C10H9NO3.C8H12N2O/c31-15-20(14-18-6-5-11-27(18)34)32-29(35)28-21-13-12-19(21)16-33(28)30(36)37-17-26-24-9-3-1-7-22(24)23-8-2-4-10-25(23)26;1-33-22-7-3-5-19-18(22)11-20(28-19)25(32)29-13-15-8-9-17(15)23(29)24(31)27-16(12-26)10-14-4-2-6-21(14)30;24-21(25)20-14-10-9-13(14)11-23(20)22(26)27-12-19-17-7-3-1-5-15(17)16-6-2-4-8-18(16)19;16-7-11(6-9-2-1-3-13(9)19)18-15(20)14-12-5-4-10(12)8-17-14;1-14-9-4-2-3-7-6(9)5-8(11-7)10(12)13;9-5-7(10)4-6-2-1-3-8(6)11/h1-4,7-10,18-21,26,28H,5-6,11-14,16-17H2,(H,32,35);3,5,7,11,14-17,23,28H,2,4,6,8-10,13H2,1H3,(H,27,31);1-8,13-14,19-20H,9-12H2,(H,24,25);9-12,14,17H,1-6,8H2,(H,18,20);2-5,11H,1H3,(H,12,13);6-7H,1-4,10H2/t18-,19-,20-,21?,28-;14-,15-,16-,17-,23-;13-,14?,20-;9-,10-,11-,12?,14-;;6-,7-/m0000.0/s1. The zero-order valence-corrected chi connectivity index (χ0v) is 79.9. The lowest BCUT2D eigenvalue weighted by molar-refractivity contribution is -0.144. The number of nitrogens with two attached hydrogens (primary N) is 1. The molecule has 22 rings (SSSR count). The normalized spacial score (nSPS) is 26.3. The van der Waals surface area contributed by atoms with Gasteiger partial charge in [0.1, 0.15) is 95.5 Å². The van der Waals surface area contributed by atoms with Crippen molar-refractivity contribution in [3.05, 3.63) is 179 Å². The summed E-state index contributed by atoms with van der Waals surface area (Å²) in [6.07, 6.45) is 18.0. The van der Waals surface area contributed by atoms with Gasteiger partial charge in [-0.2, -0.15) is 21.0 Å². The number of carboxylic acids is 2. The van der Waals surface area contributed by atoms with Gasteiger partial charge < -0.3 is 71.0 Å². The van der Waals surface area contributed by atoms with E-state index in [1.54, 1.807) is 42.2 Å². The van der Waals surface area contributed by atoms with Crippen molar-refractivity contribution >= 4 is 92.7 Å². The lowest BCUT2D eigenvalue weighted by Gasteiger charge is -2.33. The number of carboxylic acid groups (broad SMARTS) is 2. The number of aromatic carboxylic acids is 1. The first kappa shape index (κ1) is 99.5. The van der Waals surface area contributed by atoms with E-state index >= 15 is 0 Å². The van der Waals surface area contributed by atoms with Gasteiger partial charge in [-0.05, 0) is 263 Å². The van der Waals surface area contributed by atoms with E-state index in [9.17, 15) is 78.4 Å². The molecule has 142 heavy (non-hydrogen) atoms. The molecule has 0 bridgehead atoms. The number of methoxy groups -OCH3 is 2. The Labute approximate surface area is 823 Å². The van der Waals surface area contributed by atoms with Crippen LogP contribution in [0.25, 0.3) is 44.1 Å². The number of carbonyl (C=O) groups is 12. The summed E-state index contributed by atoms with van der Waals surface area (Å²) in [7, 11) is 3.15. The number of aromatic nitrogens is 2. The second-order valence-electron chi connectivity index (χ2n) is 40.4. The zero-order chi connectivity index (χ0) is 99.7. The summed E-state index contributed by atoms with van der Waals surface area (Å²) in [6, 6.07) is 50.9. The number of aliphatic carboxylic acids is 1. The number of likely N-dealkylation sites (tertiary alicyclic amines) is 3. The number of hydrogen-bond donors (Lipinski definition) is 9. The Balaban J connectivity index is 0.000000122. The van der Waals surface area contributed by atoms with Crippen LogP contribution in [-0.2, 0) is 47.8 Å². The molecule has 20 atom stereocenters. The lowest BCUT2D eigenvalue weighted by atomic mass is 9.73. The van der Waals surface area contributed by atoms with Crippen LogP contribution in [0.5, 0.6) is 11.5 Å². The second-order valence-corrected chi connectivity index (χ2v) is 40.4. The smallest absolute Gasteiger partial charge is 0.410 e. The maximum Gasteiger partial charge on any atom is 0.410 e. The maximum absolute atomic E-state index is 13.5. The van der Waals surface area contributed by atoms with Crippen LogP contribution >= 0.6 is 0 Å². The lowest BCUT2D eigenvalue weighted by Crippen LogP contribution is -2.52. The van der Waals surface area contributed by atoms with Crippen molar-refractivity contribution < 1.29 is 86.7 Å². The Morgan fingerprint density at radius 1 is 0.423 bits per heavy atom. The Hall–Kier alpha value is -14.1. The van der Waals surface area contributed by atoms with Crippen LogP contribution in [-0.4, -0.2) is 208 Å². The monoisotopic (exact) mass is 1930 g/mol. The fourth-order valence-corrected chi connectivity index (χ4v) is 24.4. The number of nitrogens with zero attached hydrogens (tertiary/aromatic N) is 7. The zero-order valence-electron chi connectivity index (χ0n) is 79.9. The molecule has 10 N–H and O–H groups in total. The molecule has 0 radical (unpaired) electrons. The molecule has 6 heterocycles. The first-order chi connectivity index (χ1) is 68.8. The van der Waals surface area contributed by atoms with Gasteiger partial charge in [0.05, 0.1) is 50.6 Å². The molecule has 12 fully saturated rings. The molecule has 6 amide bonds. The fraction of sp³-hybridized carbons (Fsp3) is 0.491. The molecular weight excluding hydrogens is 1810 g/mol. The highest BCUT2D eigenvalue weighted by Crippen LogP contribution is 2.52. The van der Waals surface area contributed by atoms with Crippen molar-refractivity contribution in [2.45, 2.75) is 214 Å². The van der Waals surface area contributed by atoms with Crippen molar-refractivity contribution in [3.63, 3.8) is 0 Å². The van der Waals surface area contributed by atoms with Gasteiger partial charge >= 0.3 is 24.1 Å². The Morgan fingerprint density at radius 3 is 1.13 bits per heavy atom. The number of nitriles is 4. The number of ketones is 4.